The van der Waals surface area contributed by atoms with Crippen LogP contribution in [0.3, 0.4) is 0 Å². The molecule has 11 heteroatoms. The van der Waals surface area contributed by atoms with E-state index in [4.69, 9.17) is 10.1 Å². The first kappa shape index (κ1) is 31.4. The molecule has 1 aromatic heterocycles. The fourth-order valence-electron chi connectivity index (χ4n) is 7.51. The van der Waals surface area contributed by atoms with Crippen molar-refractivity contribution < 1.29 is 14.4 Å². The van der Waals surface area contributed by atoms with Gasteiger partial charge in [0.1, 0.15) is 11.9 Å². The van der Waals surface area contributed by atoms with Gasteiger partial charge in [-0.2, -0.15) is 10.4 Å². The first-order valence-electron chi connectivity index (χ1n) is 16.2. The van der Waals surface area contributed by atoms with E-state index in [1.165, 1.54) is 0 Å². The van der Waals surface area contributed by atoms with Crippen LogP contribution in [0, 0.1) is 17.2 Å². The third kappa shape index (κ3) is 5.45. The molecule has 4 N–H and O–H groups in total. The van der Waals surface area contributed by atoms with Crippen LogP contribution in [0.5, 0.6) is 0 Å². The van der Waals surface area contributed by atoms with Crippen molar-refractivity contribution in [2.24, 2.45) is 5.92 Å². The fraction of sp³-hybridized carbons (Fsp3) is 0.486. The Morgan fingerprint density at radius 3 is 2.13 bits per heavy atom. The van der Waals surface area contributed by atoms with Gasteiger partial charge in [0.2, 0.25) is 5.91 Å². The number of rotatable bonds is 9. The Labute approximate surface area is 269 Å². The summed E-state index contributed by atoms with van der Waals surface area (Å²) >= 11 is 0. The number of carbonyl (C=O) groups is 3. The van der Waals surface area contributed by atoms with Gasteiger partial charge >= 0.3 is 0 Å². The maximum atomic E-state index is 13.4. The third-order valence-electron chi connectivity index (χ3n) is 9.96. The molecule has 1 aliphatic heterocycles. The number of aromatic nitrogens is 3. The Bertz CT molecular complexity index is 1650. The summed E-state index contributed by atoms with van der Waals surface area (Å²) in [5, 5.41) is 26.6. The fourth-order valence-corrected chi connectivity index (χ4v) is 7.51. The van der Waals surface area contributed by atoms with Crippen molar-refractivity contribution in [1.82, 2.24) is 36.0 Å². The van der Waals surface area contributed by atoms with Crippen LogP contribution in [0.1, 0.15) is 101 Å². The summed E-state index contributed by atoms with van der Waals surface area (Å²) in [5.41, 5.74) is 4.26. The molecule has 4 atom stereocenters. The van der Waals surface area contributed by atoms with Gasteiger partial charge in [0.25, 0.3) is 11.8 Å². The molecule has 3 aromatic rings. The van der Waals surface area contributed by atoms with E-state index in [0.717, 1.165) is 40.9 Å². The second-order valence-electron chi connectivity index (χ2n) is 13.2. The first-order chi connectivity index (χ1) is 22.1. The van der Waals surface area contributed by atoms with Crippen LogP contribution in [0.2, 0.25) is 0 Å². The van der Waals surface area contributed by atoms with Crippen LogP contribution < -0.4 is 16.0 Å². The lowest BCUT2D eigenvalue weighted by Gasteiger charge is -2.37. The Balaban J connectivity index is 1.45. The highest BCUT2D eigenvalue weighted by molar-refractivity contribution is 5.95. The van der Waals surface area contributed by atoms with E-state index in [1.54, 1.807) is 19.0 Å². The molecule has 240 valence electrons. The van der Waals surface area contributed by atoms with Gasteiger partial charge in [0.05, 0.1) is 18.0 Å². The van der Waals surface area contributed by atoms with E-state index < -0.39 is 5.41 Å². The lowest BCUT2D eigenvalue weighted by molar-refractivity contribution is -0.131. The molecule has 1 unspecified atom stereocenters. The van der Waals surface area contributed by atoms with E-state index in [1.807, 2.05) is 36.4 Å². The Morgan fingerprint density at radius 1 is 1.00 bits per heavy atom. The van der Waals surface area contributed by atoms with Crippen LogP contribution in [0.25, 0.3) is 0 Å². The van der Waals surface area contributed by atoms with Gasteiger partial charge in [-0.1, -0.05) is 26.0 Å². The molecule has 2 aromatic carbocycles. The van der Waals surface area contributed by atoms with Gasteiger partial charge in [-0.3, -0.25) is 19.5 Å². The summed E-state index contributed by atoms with van der Waals surface area (Å²) in [6, 6.07) is 13.6. The molecule has 0 radical (unpaired) electrons. The molecule has 2 heterocycles. The molecule has 0 spiro atoms. The number of carbonyl (C=O) groups excluding carboxylic acids is 3. The summed E-state index contributed by atoms with van der Waals surface area (Å²) in [5.74, 6) is 1.55. The van der Waals surface area contributed by atoms with Crippen LogP contribution >= 0.6 is 0 Å². The van der Waals surface area contributed by atoms with Crippen molar-refractivity contribution in [3.8, 4) is 6.07 Å². The van der Waals surface area contributed by atoms with Gasteiger partial charge in [-0.15, -0.1) is 0 Å². The highest BCUT2D eigenvalue weighted by Crippen LogP contribution is 2.48. The van der Waals surface area contributed by atoms with E-state index in [0.29, 0.717) is 42.1 Å². The highest BCUT2D eigenvalue weighted by Gasteiger charge is 2.54. The molecule has 1 saturated heterocycles. The Morgan fingerprint density at radius 2 is 1.61 bits per heavy atom. The van der Waals surface area contributed by atoms with Crippen molar-refractivity contribution in [1.29, 1.82) is 5.26 Å². The van der Waals surface area contributed by atoms with Gasteiger partial charge in [0.15, 0.2) is 5.82 Å². The molecule has 0 bridgehead atoms. The number of aryl methyl sites for hydroxylation is 2. The first-order valence-corrected chi connectivity index (χ1v) is 16.2. The Kier molecular flexibility index (Phi) is 8.42. The minimum Gasteiger partial charge on any atom is -0.355 e. The number of nitrogens with zero attached hydrogens (tertiary/aromatic N) is 4. The zero-order valence-electron chi connectivity index (χ0n) is 27.1. The van der Waals surface area contributed by atoms with Crippen LogP contribution in [-0.4, -0.2) is 76.6 Å². The number of benzene rings is 2. The number of piperidine rings is 1. The van der Waals surface area contributed by atoms with Gasteiger partial charge < -0.3 is 20.9 Å². The number of hydrogen-bond donors (Lipinski definition) is 4. The largest absolute Gasteiger partial charge is 0.355 e. The van der Waals surface area contributed by atoms with Crippen LogP contribution in [-0.2, 0) is 23.1 Å². The quantitative estimate of drug-likeness (QED) is 0.286. The summed E-state index contributed by atoms with van der Waals surface area (Å²) < 4.78 is 0. The number of hydrogen-bond acceptors (Lipinski definition) is 7. The minimum atomic E-state index is -0.868. The maximum Gasteiger partial charge on any atom is 0.251 e. The summed E-state index contributed by atoms with van der Waals surface area (Å²) in [7, 11) is 3.24. The van der Waals surface area contributed by atoms with E-state index in [9.17, 15) is 19.6 Å². The Hall–Kier alpha value is -4.56. The lowest BCUT2D eigenvalue weighted by atomic mass is 9.67. The number of fused-ring (bicyclic) bond motifs is 3. The zero-order chi connectivity index (χ0) is 32.7. The molecule has 2 fully saturated rings. The normalized spacial score (nSPS) is 21.3. The third-order valence-corrected chi connectivity index (χ3v) is 9.96. The van der Waals surface area contributed by atoms with Crippen molar-refractivity contribution in [3.05, 3.63) is 81.4 Å². The molecular weight excluding hydrogens is 580 g/mol. The highest BCUT2D eigenvalue weighted by atomic mass is 16.2. The average Bonchev–Trinajstić information content (AvgIpc) is 3.49. The molecule has 2 aliphatic carbocycles. The maximum absolute atomic E-state index is 13.4. The van der Waals surface area contributed by atoms with E-state index in [2.05, 4.69) is 47.9 Å². The number of nitrogens with one attached hydrogen (secondary N) is 4. The molecule has 3 aliphatic rings. The topological polar surface area (TPSA) is 156 Å². The van der Waals surface area contributed by atoms with Crippen molar-refractivity contribution in [3.63, 3.8) is 0 Å². The van der Waals surface area contributed by atoms with Crippen LogP contribution in [0.15, 0.2) is 36.4 Å². The van der Waals surface area contributed by atoms with E-state index >= 15 is 0 Å². The number of aromatic amines is 1. The number of likely N-dealkylation sites (tertiary alicyclic amines) is 1. The summed E-state index contributed by atoms with van der Waals surface area (Å²) in [6.45, 7) is 6.29. The van der Waals surface area contributed by atoms with Crippen molar-refractivity contribution in [2.75, 3.05) is 20.6 Å². The van der Waals surface area contributed by atoms with Gasteiger partial charge in [-0.25, -0.2) is 4.98 Å². The van der Waals surface area contributed by atoms with Gasteiger partial charge in [0, 0.05) is 43.2 Å². The number of amides is 3. The SMILES string of the molecule is CNC(=O)c1ccc2c(c1)CCc1cc(C(=O)NC)ccc1C2(C[C@H](C)NCC(=O)N1C(C#N)C[C@@H]2C[C@@H]21)c1n[nH]c(C(C)C)n1. The second kappa shape index (κ2) is 12.3. The molecule has 3 amide bonds. The average molecular weight is 623 g/mol. The number of H-pyrrole nitrogens is 1. The molecule has 46 heavy (non-hydrogen) atoms. The smallest absolute Gasteiger partial charge is 0.251 e. The zero-order valence-corrected chi connectivity index (χ0v) is 27.1. The second-order valence-corrected chi connectivity index (χ2v) is 13.2. The van der Waals surface area contributed by atoms with Crippen LogP contribution in [0.4, 0.5) is 0 Å². The molecule has 6 rings (SSSR count). The molecule has 11 nitrogen and oxygen atoms in total. The van der Waals surface area contributed by atoms with E-state index in [-0.39, 0.29) is 48.3 Å². The molecule has 1 saturated carbocycles. The van der Waals surface area contributed by atoms with Crippen molar-refractivity contribution >= 4 is 17.7 Å². The molecular formula is C35H42N8O3. The summed E-state index contributed by atoms with van der Waals surface area (Å²) in [6.07, 6.45) is 3.55. The minimum absolute atomic E-state index is 0.0513. The monoisotopic (exact) mass is 622 g/mol. The van der Waals surface area contributed by atoms with Gasteiger partial charge in [-0.05, 0) is 91.5 Å². The predicted molar refractivity (Wildman–Crippen MR) is 172 cm³/mol. The van der Waals surface area contributed by atoms with Crippen molar-refractivity contribution in [2.45, 2.75) is 82.3 Å². The standard InChI is InChI=1S/C35H42N8O3/c1-19(2)31-40-34(42-41-31)35(16-20(3)39-18-30(44)43-26(17-36)14-25-15-29(25)43)27-10-8-23(32(45)37-4)12-21(27)6-7-22-13-24(33(46)38-5)9-11-28(22)35/h8-13,19-20,25-26,29,39H,6-7,14-16,18H2,1-5H3,(H,37,45)(H,38,46)(H,40,41,42)/t20-,25+,26?,29-/m0/s1. The summed E-state index contributed by atoms with van der Waals surface area (Å²) in [4.78, 5) is 45.7. The number of nitriles is 1. The lowest BCUT2D eigenvalue weighted by Crippen LogP contribution is -2.46. The predicted octanol–water partition coefficient (Wildman–Crippen LogP) is 2.96.